The molecule has 1 aromatic rings. The summed E-state index contributed by atoms with van der Waals surface area (Å²) in [6.45, 7) is 3.48. The molecule has 1 rings (SSSR count). The van der Waals surface area contributed by atoms with Crippen molar-refractivity contribution in [3.63, 3.8) is 0 Å². The lowest BCUT2D eigenvalue weighted by Crippen LogP contribution is -2.10. The van der Waals surface area contributed by atoms with Gasteiger partial charge in [-0.05, 0) is 26.0 Å². The van der Waals surface area contributed by atoms with Crippen LogP contribution in [0.5, 0.6) is 0 Å². The number of carbonyl (C=O) groups excluding carboxylic acids is 1. The lowest BCUT2D eigenvalue weighted by Gasteiger charge is -2.04. The minimum absolute atomic E-state index is 0.155. The van der Waals surface area contributed by atoms with Crippen LogP contribution in [-0.4, -0.2) is 5.91 Å². The Hall–Kier alpha value is -1.71. The molecule has 1 aromatic carbocycles. The van der Waals surface area contributed by atoms with E-state index in [0.717, 1.165) is 11.6 Å². The first-order valence-electron chi connectivity index (χ1n) is 4.40. The summed E-state index contributed by atoms with van der Waals surface area (Å²) in [6.07, 6.45) is 1.31. The Kier molecular flexibility index (Phi) is 3.55. The van der Waals surface area contributed by atoms with Gasteiger partial charge in [-0.25, -0.2) is 8.78 Å². The van der Waals surface area contributed by atoms with Crippen LogP contribution in [0.4, 0.5) is 14.5 Å². The van der Waals surface area contributed by atoms with Crippen molar-refractivity contribution in [2.45, 2.75) is 13.8 Å². The summed E-state index contributed by atoms with van der Waals surface area (Å²) in [7, 11) is 0. The SMILES string of the molecule is CC(C)=CC(=O)Nc1cccc(F)c1F. The average molecular weight is 211 g/mol. The van der Waals surface area contributed by atoms with Gasteiger partial charge in [-0.1, -0.05) is 11.6 Å². The molecule has 0 aromatic heterocycles. The van der Waals surface area contributed by atoms with Gasteiger partial charge in [0.15, 0.2) is 11.6 Å². The Morgan fingerprint density at radius 2 is 2.00 bits per heavy atom. The van der Waals surface area contributed by atoms with E-state index in [-0.39, 0.29) is 5.69 Å². The molecule has 80 valence electrons. The highest BCUT2D eigenvalue weighted by molar-refractivity contribution is 5.99. The Balaban J connectivity index is 2.86. The summed E-state index contributed by atoms with van der Waals surface area (Å²) in [5, 5.41) is 2.25. The Morgan fingerprint density at radius 3 is 2.60 bits per heavy atom. The third-order valence-corrected chi connectivity index (χ3v) is 1.63. The number of anilines is 1. The van der Waals surface area contributed by atoms with E-state index in [0.29, 0.717) is 0 Å². The number of allylic oxidation sites excluding steroid dienone is 1. The third-order valence-electron chi connectivity index (χ3n) is 1.63. The summed E-state index contributed by atoms with van der Waals surface area (Å²) >= 11 is 0. The van der Waals surface area contributed by atoms with E-state index in [4.69, 9.17) is 0 Å². The van der Waals surface area contributed by atoms with Crippen molar-refractivity contribution >= 4 is 11.6 Å². The molecule has 0 radical (unpaired) electrons. The number of hydrogen-bond donors (Lipinski definition) is 1. The number of benzene rings is 1. The van der Waals surface area contributed by atoms with Gasteiger partial charge in [-0.3, -0.25) is 4.79 Å². The second-order valence-corrected chi connectivity index (χ2v) is 3.31. The number of hydrogen-bond acceptors (Lipinski definition) is 1. The second-order valence-electron chi connectivity index (χ2n) is 3.31. The van der Waals surface area contributed by atoms with Gasteiger partial charge in [0, 0.05) is 6.08 Å². The summed E-state index contributed by atoms with van der Waals surface area (Å²) < 4.78 is 25.8. The van der Waals surface area contributed by atoms with E-state index in [2.05, 4.69) is 5.32 Å². The fraction of sp³-hybridized carbons (Fsp3) is 0.182. The molecule has 1 N–H and O–H groups in total. The lowest BCUT2D eigenvalue weighted by molar-refractivity contribution is -0.112. The van der Waals surface area contributed by atoms with Crippen LogP contribution in [0.1, 0.15) is 13.8 Å². The topological polar surface area (TPSA) is 29.1 Å². The van der Waals surface area contributed by atoms with Crippen LogP contribution in [0.3, 0.4) is 0 Å². The molecule has 0 fully saturated rings. The highest BCUT2D eigenvalue weighted by Crippen LogP contribution is 2.16. The van der Waals surface area contributed by atoms with Crippen molar-refractivity contribution in [2.24, 2.45) is 0 Å². The number of rotatable bonds is 2. The normalized spacial score (nSPS) is 9.60. The molecule has 0 saturated heterocycles. The maximum atomic E-state index is 13.1. The van der Waals surface area contributed by atoms with Gasteiger partial charge >= 0.3 is 0 Å². The molecule has 1 amide bonds. The van der Waals surface area contributed by atoms with Gasteiger partial charge < -0.3 is 5.32 Å². The molecule has 0 bridgehead atoms. The van der Waals surface area contributed by atoms with Crippen molar-refractivity contribution in [2.75, 3.05) is 5.32 Å². The molecule has 0 atom stereocenters. The molecular formula is C11H11F2NO. The van der Waals surface area contributed by atoms with E-state index in [1.165, 1.54) is 18.2 Å². The van der Waals surface area contributed by atoms with E-state index in [1.54, 1.807) is 13.8 Å². The zero-order valence-corrected chi connectivity index (χ0v) is 8.47. The van der Waals surface area contributed by atoms with Gasteiger partial charge in [-0.2, -0.15) is 0 Å². The molecule has 0 spiro atoms. The molecule has 4 heteroatoms. The van der Waals surface area contributed by atoms with Crippen molar-refractivity contribution in [1.29, 1.82) is 0 Å². The van der Waals surface area contributed by atoms with Gasteiger partial charge in [0.2, 0.25) is 5.91 Å². The predicted molar refractivity (Wildman–Crippen MR) is 54.4 cm³/mol. The fourth-order valence-electron chi connectivity index (χ4n) is 1.03. The van der Waals surface area contributed by atoms with Gasteiger partial charge in [0.25, 0.3) is 0 Å². The van der Waals surface area contributed by atoms with Gasteiger partial charge in [0.05, 0.1) is 5.69 Å². The summed E-state index contributed by atoms with van der Waals surface area (Å²) in [5.41, 5.74) is 0.627. The van der Waals surface area contributed by atoms with Crippen LogP contribution in [0.15, 0.2) is 29.8 Å². The van der Waals surface area contributed by atoms with Crippen molar-refractivity contribution in [3.8, 4) is 0 Å². The first kappa shape index (κ1) is 11.4. The van der Waals surface area contributed by atoms with Crippen LogP contribution < -0.4 is 5.32 Å². The van der Waals surface area contributed by atoms with Crippen molar-refractivity contribution in [3.05, 3.63) is 41.5 Å². The molecule has 0 aliphatic carbocycles. The molecule has 0 aliphatic rings. The first-order valence-corrected chi connectivity index (χ1v) is 4.40. The summed E-state index contributed by atoms with van der Waals surface area (Å²) in [5.74, 6) is -2.50. The standard InChI is InChI=1S/C11H11F2NO/c1-7(2)6-10(15)14-9-5-3-4-8(12)11(9)13/h3-6H,1-2H3,(H,14,15). The maximum Gasteiger partial charge on any atom is 0.248 e. The minimum Gasteiger partial charge on any atom is -0.320 e. The molecule has 2 nitrogen and oxygen atoms in total. The fourth-order valence-corrected chi connectivity index (χ4v) is 1.03. The maximum absolute atomic E-state index is 13.1. The highest BCUT2D eigenvalue weighted by Gasteiger charge is 2.08. The largest absolute Gasteiger partial charge is 0.320 e. The van der Waals surface area contributed by atoms with Crippen LogP contribution in [0.2, 0.25) is 0 Å². The van der Waals surface area contributed by atoms with Crippen molar-refractivity contribution < 1.29 is 13.6 Å². The number of carbonyl (C=O) groups is 1. The van der Waals surface area contributed by atoms with E-state index in [1.807, 2.05) is 0 Å². The molecule has 0 heterocycles. The van der Waals surface area contributed by atoms with Crippen LogP contribution in [0.25, 0.3) is 0 Å². The average Bonchev–Trinajstić information content (AvgIpc) is 2.11. The number of halogens is 2. The molecular weight excluding hydrogens is 200 g/mol. The van der Waals surface area contributed by atoms with E-state index in [9.17, 15) is 13.6 Å². The summed E-state index contributed by atoms with van der Waals surface area (Å²) in [6, 6.07) is 3.62. The quantitative estimate of drug-likeness (QED) is 0.749. The van der Waals surface area contributed by atoms with Crippen LogP contribution in [0, 0.1) is 11.6 Å². The smallest absolute Gasteiger partial charge is 0.248 e. The molecule has 15 heavy (non-hydrogen) atoms. The van der Waals surface area contributed by atoms with E-state index < -0.39 is 17.5 Å². The Bertz CT molecular complexity index is 409. The number of nitrogens with one attached hydrogen (secondary N) is 1. The monoisotopic (exact) mass is 211 g/mol. The molecule has 0 aliphatic heterocycles. The first-order chi connectivity index (χ1) is 7.00. The van der Waals surface area contributed by atoms with E-state index >= 15 is 0 Å². The van der Waals surface area contributed by atoms with Gasteiger partial charge in [0.1, 0.15) is 0 Å². The zero-order valence-electron chi connectivity index (χ0n) is 8.47. The minimum atomic E-state index is -1.05. The summed E-state index contributed by atoms with van der Waals surface area (Å²) in [4.78, 5) is 11.2. The Labute approximate surface area is 86.6 Å². The Morgan fingerprint density at radius 1 is 1.33 bits per heavy atom. The lowest BCUT2D eigenvalue weighted by atomic mass is 10.2. The predicted octanol–water partition coefficient (Wildman–Crippen LogP) is 2.87. The highest BCUT2D eigenvalue weighted by atomic mass is 19.2. The van der Waals surface area contributed by atoms with Crippen molar-refractivity contribution in [1.82, 2.24) is 0 Å². The zero-order chi connectivity index (χ0) is 11.4. The third kappa shape index (κ3) is 3.16. The molecule has 0 saturated carbocycles. The molecule has 0 unspecified atom stereocenters. The van der Waals surface area contributed by atoms with Gasteiger partial charge in [-0.15, -0.1) is 0 Å². The number of amides is 1. The van der Waals surface area contributed by atoms with Crippen LogP contribution >= 0.6 is 0 Å². The van der Waals surface area contributed by atoms with Crippen LogP contribution in [-0.2, 0) is 4.79 Å². The second kappa shape index (κ2) is 4.68.